The summed E-state index contributed by atoms with van der Waals surface area (Å²) in [6, 6.07) is 5.70. The van der Waals surface area contributed by atoms with Crippen molar-refractivity contribution in [3.63, 3.8) is 0 Å². The number of halogens is 2. The first-order valence-electron chi connectivity index (χ1n) is 6.54. The van der Waals surface area contributed by atoms with E-state index in [1.165, 1.54) is 18.2 Å². The van der Waals surface area contributed by atoms with Crippen molar-refractivity contribution in [2.24, 2.45) is 11.8 Å². The second-order valence-electron chi connectivity index (χ2n) is 4.94. The van der Waals surface area contributed by atoms with Gasteiger partial charge in [0.25, 0.3) is 0 Å². The number of carboxylic acid groups (broad SMARTS) is 1. The Morgan fingerprint density at radius 3 is 2.62 bits per heavy atom. The molecule has 114 valence electrons. The molecule has 1 aliphatic rings. The number of carboxylic acids is 1. The molecular weight excluding hydrogens is 284 g/mol. The summed E-state index contributed by atoms with van der Waals surface area (Å²) < 4.78 is 28.5. The summed E-state index contributed by atoms with van der Waals surface area (Å²) in [4.78, 5) is 22.9. The highest BCUT2D eigenvalue weighted by atomic mass is 19.3. The fourth-order valence-electron chi connectivity index (χ4n) is 2.44. The van der Waals surface area contributed by atoms with Crippen molar-refractivity contribution in [1.29, 1.82) is 0 Å². The van der Waals surface area contributed by atoms with E-state index >= 15 is 0 Å². The van der Waals surface area contributed by atoms with Gasteiger partial charge in [-0.25, -0.2) is 0 Å². The van der Waals surface area contributed by atoms with Crippen LogP contribution in [-0.2, 0) is 9.59 Å². The van der Waals surface area contributed by atoms with Crippen LogP contribution >= 0.6 is 0 Å². The van der Waals surface area contributed by atoms with Crippen LogP contribution in [0.25, 0.3) is 0 Å². The summed E-state index contributed by atoms with van der Waals surface area (Å²) in [5.41, 5.74) is 0.344. The predicted molar refractivity (Wildman–Crippen MR) is 70.2 cm³/mol. The lowest BCUT2D eigenvalue weighted by atomic mass is 10.0. The number of alkyl halides is 2. The van der Waals surface area contributed by atoms with Crippen LogP contribution in [0, 0.1) is 11.8 Å². The third-order valence-electron chi connectivity index (χ3n) is 3.48. The monoisotopic (exact) mass is 299 g/mol. The Hall–Kier alpha value is -2.18. The Bertz CT molecular complexity index is 535. The number of carbonyl (C=O) groups is 2. The van der Waals surface area contributed by atoms with Crippen LogP contribution in [0.1, 0.15) is 19.3 Å². The van der Waals surface area contributed by atoms with Gasteiger partial charge in [0.15, 0.2) is 0 Å². The van der Waals surface area contributed by atoms with Gasteiger partial charge in [-0.15, -0.1) is 0 Å². The number of benzene rings is 1. The number of ether oxygens (including phenoxy) is 1. The molecule has 2 rings (SSSR count). The van der Waals surface area contributed by atoms with Gasteiger partial charge in [0.1, 0.15) is 5.75 Å². The molecule has 7 heteroatoms. The second kappa shape index (κ2) is 6.51. The minimum Gasteiger partial charge on any atom is -0.481 e. The summed E-state index contributed by atoms with van der Waals surface area (Å²) in [6.45, 7) is -2.93. The van der Waals surface area contributed by atoms with Crippen molar-refractivity contribution < 1.29 is 28.2 Å². The maximum atomic E-state index is 12.1. The summed E-state index contributed by atoms with van der Waals surface area (Å²) in [6.07, 6.45) is 1.28. The topological polar surface area (TPSA) is 75.6 Å². The normalized spacial score (nSPS) is 21.3. The first-order chi connectivity index (χ1) is 9.95. The molecule has 0 aliphatic heterocycles. The lowest BCUT2D eigenvalue weighted by molar-refractivity contribution is -0.141. The molecule has 1 saturated carbocycles. The molecule has 2 unspecified atom stereocenters. The minimum absolute atomic E-state index is 0.0439. The van der Waals surface area contributed by atoms with Gasteiger partial charge in [0.05, 0.1) is 5.92 Å². The van der Waals surface area contributed by atoms with Gasteiger partial charge >= 0.3 is 12.6 Å². The molecule has 1 aromatic carbocycles. The van der Waals surface area contributed by atoms with E-state index in [4.69, 9.17) is 5.11 Å². The van der Waals surface area contributed by atoms with Crippen molar-refractivity contribution in [3.05, 3.63) is 24.3 Å². The van der Waals surface area contributed by atoms with Crippen LogP contribution < -0.4 is 10.1 Å². The molecule has 0 aromatic heterocycles. The highest BCUT2D eigenvalue weighted by Crippen LogP contribution is 2.32. The third-order valence-corrected chi connectivity index (χ3v) is 3.48. The molecule has 1 amide bonds. The molecule has 0 radical (unpaired) electrons. The maximum absolute atomic E-state index is 12.1. The van der Waals surface area contributed by atoms with E-state index in [2.05, 4.69) is 10.1 Å². The Morgan fingerprint density at radius 1 is 1.29 bits per heavy atom. The zero-order chi connectivity index (χ0) is 15.4. The molecule has 2 N–H and O–H groups in total. The molecule has 0 heterocycles. The van der Waals surface area contributed by atoms with E-state index in [1.807, 2.05) is 0 Å². The van der Waals surface area contributed by atoms with Gasteiger partial charge in [-0.3, -0.25) is 9.59 Å². The summed E-state index contributed by atoms with van der Waals surface area (Å²) in [7, 11) is 0. The van der Waals surface area contributed by atoms with Gasteiger partial charge in [-0.1, -0.05) is 6.07 Å². The smallest absolute Gasteiger partial charge is 0.387 e. The predicted octanol–water partition coefficient (Wildman–Crippen LogP) is 2.73. The van der Waals surface area contributed by atoms with Crippen molar-refractivity contribution in [2.45, 2.75) is 25.9 Å². The number of amides is 1. The summed E-state index contributed by atoms with van der Waals surface area (Å²) in [5, 5.41) is 11.5. The molecule has 2 atom stereocenters. The zero-order valence-corrected chi connectivity index (χ0v) is 11.1. The van der Waals surface area contributed by atoms with Gasteiger partial charge in [-0.2, -0.15) is 8.78 Å². The fourth-order valence-corrected chi connectivity index (χ4v) is 2.44. The van der Waals surface area contributed by atoms with Gasteiger partial charge in [0.2, 0.25) is 5.91 Å². The third kappa shape index (κ3) is 4.14. The Balaban J connectivity index is 1.95. The largest absolute Gasteiger partial charge is 0.481 e. The zero-order valence-electron chi connectivity index (χ0n) is 11.1. The number of hydrogen-bond donors (Lipinski definition) is 2. The fraction of sp³-hybridized carbons (Fsp3) is 0.429. The molecule has 1 aliphatic carbocycles. The van der Waals surface area contributed by atoms with E-state index in [0.29, 0.717) is 24.9 Å². The number of rotatable bonds is 5. The number of aliphatic carboxylic acids is 1. The lowest BCUT2D eigenvalue weighted by Gasteiger charge is -2.12. The van der Waals surface area contributed by atoms with Crippen molar-refractivity contribution in [1.82, 2.24) is 0 Å². The standard InChI is InChI=1S/C14H15F2NO4/c15-14(16)21-11-3-1-2-10(7-11)17-12(18)8-4-5-9(6-8)13(19)20/h1-3,7-9,14H,4-6H2,(H,17,18)(H,19,20). The quantitative estimate of drug-likeness (QED) is 0.876. The molecule has 0 saturated heterocycles. The Kier molecular flexibility index (Phi) is 4.72. The first kappa shape index (κ1) is 15.2. The molecule has 0 spiro atoms. The SMILES string of the molecule is O=C(O)C1CCC(C(=O)Nc2cccc(OC(F)F)c2)C1. The highest BCUT2D eigenvalue weighted by Gasteiger charge is 2.33. The average molecular weight is 299 g/mol. The van der Waals surface area contributed by atoms with Crippen molar-refractivity contribution in [3.8, 4) is 5.75 Å². The maximum Gasteiger partial charge on any atom is 0.387 e. The minimum atomic E-state index is -2.93. The van der Waals surface area contributed by atoms with Crippen LogP contribution in [0.2, 0.25) is 0 Å². The average Bonchev–Trinajstić information content (AvgIpc) is 2.88. The summed E-state index contributed by atoms with van der Waals surface area (Å²) >= 11 is 0. The van der Waals surface area contributed by atoms with E-state index in [-0.39, 0.29) is 17.6 Å². The van der Waals surface area contributed by atoms with E-state index in [0.717, 1.165) is 0 Å². The lowest BCUT2D eigenvalue weighted by Crippen LogP contribution is -2.21. The molecule has 1 aromatic rings. The molecule has 21 heavy (non-hydrogen) atoms. The van der Waals surface area contributed by atoms with Crippen LogP contribution in [0.15, 0.2) is 24.3 Å². The van der Waals surface area contributed by atoms with Crippen molar-refractivity contribution in [2.75, 3.05) is 5.32 Å². The van der Waals surface area contributed by atoms with E-state index < -0.39 is 18.5 Å². The molecule has 1 fully saturated rings. The van der Waals surface area contributed by atoms with Gasteiger partial charge in [-0.05, 0) is 31.4 Å². The van der Waals surface area contributed by atoms with Crippen molar-refractivity contribution >= 4 is 17.6 Å². The molecular formula is C14H15F2NO4. The summed E-state index contributed by atoms with van der Waals surface area (Å²) in [5.74, 6) is -2.09. The highest BCUT2D eigenvalue weighted by molar-refractivity contribution is 5.93. The molecule has 0 bridgehead atoms. The van der Waals surface area contributed by atoms with Crippen LogP contribution in [0.5, 0.6) is 5.75 Å². The number of anilines is 1. The Labute approximate surface area is 119 Å². The van der Waals surface area contributed by atoms with E-state index in [9.17, 15) is 18.4 Å². The van der Waals surface area contributed by atoms with E-state index in [1.54, 1.807) is 6.07 Å². The number of nitrogens with one attached hydrogen (secondary N) is 1. The number of carbonyl (C=O) groups excluding carboxylic acids is 1. The molecule has 5 nitrogen and oxygen atoms in total. The van der Waals surface area contributed by atoms with Crippen LogP contribution in [0.3, 0.4) is 0 Å². The second-order valence-corrected chi connectivity index (χ2v) is 4.94. The van der Waals surface area contributed by atoms with Gasteiger partial charge in [0, 0.05) is 17.7 Å². The first-order valence-corrected chi connectivity index (χ1v) is 6.54. The van der Waals surface area contributed by atoms with Gasteiger partial charge < -0.3 is 15.2 Å². The number of hydrogen-bond acceptors (Lipinski definition) is 3. The Morgan fingerprint density at radius 2 is 2.00 bits per heavy atom. The van der Waals surface area contributed by atoms with Crippen LogP contribution in [0.4, 0.5) is 14.5 Å². The van der Waals surface area contributed by atoms with Crippen LogP contribution in [-0.4, -0.2) is 23.6 Å².